The Morgan fingerprint density at radius 3 is 3.20 bits per heavy atom. The normalized spacial score (nSPS) is 18.8. The number of halogens is 1. The zero-order chi connectivity index (χ0) is 14.5. The third-order valence-corrected chi connectivity index (χ3v) is 3.52. The lowest BCUT2D eigenvalue weighted by Crippen LogP contribution is -2.44. The van der Waals surface area contributed by atoms with E-state index in [9.17, 15) is 4.79 Å². The van der Waals surface area contributed by atoms with Crippen LogP contribution in [0.15, 0.2) is 23.6 Å². The molecule has 0 aromatic carbocycles. The van der Waals surface area contributed by atoms with Gasteiger partial charge in [-0.05, 0) is 0 Å². The molecule has 1 unspecified atom stereocenters. The fraction of sp³-hybridized carbons (Fsp3) is 0.538. The average molecular weight is 299 g/mol. The molecule has 0 aliphatic carbocycles. The second kappa shape index (κ2) is 6.88. The molecule has 6 nitrogen and oxygen atoms in total. The number of hydrogen-bond acceptors (Lipinski definition) is 5. The van der Waals surface area contributed by atoms with Gasteiger partial charge < -0.3 is 15.0 Å². The van der Waals surface area contributed by atoms with Gasteiger partial charge >= 0.3 is 0 Å². The maximum Gasteiger partial charge on any atom is 0.287 e. The molecule has 0 radical (unpaired) electrons. The molecule has 2 heterocycles. The summed E-state index contributed by atoms with van der Waals surface area (Å²) in [5.74, 6) is 0. The van der Waals surface area contributed by atoms with Crippen LogP contribution < -0.4 is 15.8 Å². The molecule has 0 spiro atoms. The van der Waals surface area contributed by atoms with Crippen molar-refractivity contribution in [3.8, 4) is 0 Å². The first kappa shape index (κ1) is 15.0. The molecule has 1 aromatic heterocycles. The number of hydrogen-bond donors (Lipinski definition) is 1. The predicted octanol–water partition coefficient (Wildman–Crippen LogP) is 0.507. The highest BCUT2D eigenvalue weighted by Crippen LogP contribution is 2.20. The molecular weight excluding hydrogens is 280 g/mol. The highest BCUT2D eigenvalue weighted by atomic mass is 35.5. The van der Waals surface area contributed by atoms with E-state index in [4.69, 9.17) is 16.3 Å². The summed E-state index contributed by atoms with van der Waals surface area (Å²) in [6, 6.07) is 0. The van der Waals surface area contributed by atoms with E-state index in [1.807, 2.05) is 11.9 Å². The van der Waals surface area contributed by atoms with Crippen LogP contribution in [-0.4, -0.2) is 49.2 Å². The summed E-state index contributed by atoms with van der Waals surface area (Å²) in [7, 11) is 1.87. The van der Waals surface area contributed by atoms with Gasteiger partial charge in [-0.25, -0.2) is 4.68 Å². The maximum atomic E-state index is 12.0. The third-order valence-electron chi connectivity index (χ3n) is 3.16. The zero-order valence-electron chi connectivity index (χ0n) is 11.5. The highest BCUT2D eigenvalue weighted by molar-refractivity contribution is 6.33. The molecule has 110 valence electrons. The van der Waals surface area contributed by atoms with Crippen LogP contribution in [0.1, 0.15) is 0 Å². The van der Waals surface area contributed by atoms with Gasteiger partial charge in [-0.2, -0.15) is 5.10 Å². The molecule has 0 saturated carbocycles. The van der Waals surface area contributed by atoms with Crippen molar-refractivity contribution >= 4 is 17.3 Å². The van der Waals surface area contributed by atoms with Crippen LogP contribution >= 0.6 is 11.6 Å². The largest absolute Gasteiger partial charge is 0.374 e. The van der Waals surface area contributed by atoms with Gasteiger partial charge in [0.15, 0.2) is 0 Å². The quantitative estimate of drug-likeness (QED) is 0.803. The summed E-state index contributed by atoms with van der Waals surface area (Å²) in [5, 5.41) is 7.53. The molecule has 0 amide bonds. The monoisotopic (exact) mass is 298 g/mol. The molecule has 1 aliphatic heterocycles. The first-order valence-electron chi connectivity index (χ1n) is 6.53. The number of nitrogens with one attached hydrogen (secondary N) is 1. The van der Waals surface area contributed by atoms with Crippen LogP contribution in [0.5, 0.6) is 0 Å². The van der Waals surface area contributed by atoms with E-state index in [0.717, 1.165) is 13.1 Å². The maximum absolute atomic E-state index is 12.0. The van der Waals surface area contributed by atoms with Crippen LogP contribution in [0.4, 0.5) is 5.69 Å². The molecule has 0 bridgehead atoms. The van der Waals surface area contributed by atoms with E-state index in [2.05, 4.69) is 17.0 Å². The average Bonchev–Trinajstić information content (AvgIpc) is 2.45. The van der Waals surface area contributed by atoms with Crippen LogP contribution in [0.25, 0.3) is 0 Å². The van der Waals surface area contributed by atoms with Gasteiger partial charge in [0.05, 0.1) is 31.1 Å². The number of nitrogens with zero attached hydrogens (tertiary/aromatic N) is 3. The molecule has 1 fully saturated rings. The van der Waals surface area contributed by atoms with Crippen LogP contribution in [0, 0.1) is 0 Å². The Bertz CT molecular complexity index is 526. The minimum atomic E-state index is -0.307. The van der Waals surface area contributed by atoms with Crippen molar-refractivity contribution in [3.05, 3.63) is 34.2 Å². The lowest BCUT2D eigenvalue weighted by molar-refractivity contribution is 0.0340. The van der Waals surface area contributed by atoms with Crippen molar-refractivity contribution in [2.24, 2.45) is 0 Å². The number of aromatic nitrogens is 2. The van der Waals surface area contributed by atoms with Crippen molar-refractivity contribution in [2.75, 3.05) is 38.2 Å². The van der Waals surface area contributed by atoms with E-state index in [1.165, 1.54) is 4.68 Å². The fourth-order valence-electron chi connectivity index (χ4n) is 2.12. The Morgan fingerprint density at radius 2 is 2.55 bits per heavy atom. The molecule has 1 saturated heterocycles. The lowest BCUT2D eigenvalue weighted by Gasteiger charge is -2.29. The number of ether oxygens (including phenoxy) is 1. The van der Waals surface area contributed by atoms with Crippen LogP contribution in [0.3, 0.4) is 0 Å². The SMILES string of the molecule is C=CCn1ncc(N(C)CC2CNCCO2)c(Cl)c1=O. The molecule has 7 heteroatoms. The Hall–Kier alpha value is -1.37. The van der Waals surface area contributed by atoms with Crippen molar-refractivity contribution in [3.63, 3.8) is 0 Å². The van der Waals surface area contributed by atoms with Gasteiger partial charge in [0, 0.05) is 26.7 Å². The topological polar surface area (TPSA) is 59.4 Å². The first-order valence-corrected chi connectivity index (χ1v) is 6.91. The number of likely N-dealkylation sites (N-methyl/N-ethyl adjacent to an activating group) is 1. The van der Waals surface area contributed by atoms with Crippen molar-refractivity contribution in [1.29, 1.82) is 0 Å². The van der Waals surface area contributed by atoms with Crippen molar-refractivity contribution < 1.29 is 4.74 Å². The summed E-state index contributed by atoms with van der Waals surface area (Å²) < 4.78 is 6.92. The number of morpholine rings is 1. The first-order chi connectivity index (χ1) is 9.63. The Kier molecular flexibility index (Phi) is 5.17. The smallest absolute Gasteiger partial charge is 0.287 e. The van der Waals surface area contributed by atoms with E-state index in [0.29, 0.717) is 25.4 Å². The van der Waals surface area contributed by atoms with Gasteiger partial charge in [-0.1, -0.05) is 17.7 Å². The van der Waals surface area contributed by atoms with E-state index >= 15 is 0 Å². The Labute approximate surface area is 123 Å². The van der Waals surface area contributed by atoms with Crippen molar-refractivity contribution in [2.45, 2.75) is 12.6 Å². The van der Waals surface area contributed by atoms with Crippen LogP contribution in [0.2, 0.25) is 5.02 Å². The lowest BCUT2D eigenvalue weighted by atomic mass is 10.2. The van der Waals surface area contributed by atoms with E-state index in [-0.39, 0.29) is 16.7 Å². The zero-order valence-corrected chi connectivity index (χ0v) is 12.3. The molecular formula is C13H19ClN4O2. The minimum Gasteiger partial charge on any atom is -0.374 e. The molecule has 1 N–H and O–H groups in total. The molecule has 1 aliphatic rings. The van der Waals surface area contributed by atoms with Gasteiger partial charge in [0.2, 0.25) is 0 Å². The highest BCUT2D eigenvalue weighted by Gasteiger charge is 2.18. The Balaban J connectivity index is 2.13. The fourth-order valence-corrected chi connectivity index (χ4v) is 2.41. The van der Waals surface area contributed by atoms with Gasteiger partial charge in [-0.3, -0.25) is 4.79 Å². The van der Waals surface area contributed by atoms with Gasteiger partial charge in [0.25, 0.3) is 5.56 Å². The number of rotatable bonds is 5. The Morgan fingerprint density at radius 1 is 1.75 bits per heavy atom. The summed E-state index contributed by atoms with van der Waals surface area (Å²) in [4.78, 5) is 13.9. The molecule has 20 heavy (non-hydrogen) atoms. The summed E-state index contributed by atoms with van der Waals surface area (Å²) in [6.45, 7) is 6.95. The molecule has 1 aromatic rings. The van der Waals surface area contributed by atoms with Gasteiger partial charge in [0.1, 0.15) is 5.02 Å². The number of anilines is 1. The number of allylic oxidation sites excluding steroid dienone is 1. The standard InChI is InChI=1S/C13H19ClN4O2/c1-3-5-18-13(19)12(14)11(8-16-18)17(2)9-10-7-15-4-6-20-10/h3,8,10,15H,1,4-7,9H2,2H3. The summed E-state index contributed by atoms with van der Waals surface area (Å²) >= 11 is 6.14. The second-order valence-corrected chi connectivity index (χ2v) is 5.08. The predicted molar refractivity (Wildman–Crippen MR) is 79.6 cm³/mol. The van der Waals surface area contributed by atoms with Crippen LogP contribution in [-0.2, 0) is 11.3 Å². The minimum absolute atomic E-state index is 0.0837. The van der Waals surface area contributed by atoms with Gasteiger partial charge in [-0.15, -0.1) is 6.58 Å². The summed E-state index contributed by atoms with van der Waals surface area (Å²) in [6.07, 6.45) is 3.29. The molecule has 1 atom stereocenters. The third kappa shape index (κ3) is 3.39. The van der Waals surface area contributed by atoms with Crippen molar-refractivity contribution in [1.82, 2.24) is 15.1 Å². The summed E-state index contributed by atoms with van der Waals surface area (Å²) in [5.41, 5.74) is 0.310. The second-order valence-electron chi connectivity index (χ2n) is 4.70. The van der Waals surface area contributed by atoms with E-state index in [1.54, 1.807) is 12.3 Å². The molecule has 2 rings (SSSR count). The van der Waals surface area contributed by atoms with E-state index < -0.39 is 0 Å².